The second-order valence-electron chi connectivity index (χ2n) is 7.12. The molecule has 7 nitrogen and oxygen atoms in total. The van der Waals surface area contributed by atoms with Crippen LogP contribution in [0.4, 0.5) is 5.13 Å². The molecule has 31 heavy (non-hydrogen) atoms. The third-order valence-electron chi connectivity index (χ3n) is 5.22. The lowest BCUT2D eigenvalue weighted by molar-refractivity contribution is -0.120. The van der Waals surface area contributed by atoms with Gasteiger partial charge in [-0.05, 0) is 43.4 Å². The number of pyridine rings is 1. The van der Waals surface area contributed by atoms with Crippen molar-refractivity contribution in [3.63, 3.8) is 0 Å². The highest BCUT2D eigenvalue weighted by Crippen LogP contribution is 2.28. The van der Waals surface area contributed by atoms with Crippen molar-refractivity contribution in [2.75, 3.05) is 24.7 Å². The van der Waals surface area contributed by atoms with Gasteiger partial charge in [-0.15, -0.1) is 23.1 Å². The topological polar surface area (TPSA) is 92.3 Å². The van der Waals surface area contributed by atoms with Crippen molar-refractivity contribution in [3.05, 3.63) is 54.2 Å². The first-order chi connectivity index (χ1) is 15.0. The van der Waals surface area contributed by atoms with E-state index < -0.39 is 10.0 Å². The van der Waals surface area contributed by atoms with E-state index in [-0.39, 0.29) is 16.7 Å². The molecule has 1 aliphatic heterocycles. The quantitative estimate of drug-likeness (QED) is 0.544. The average molecular weight is 475 g/mol. The third-order valence-corrected chi connectivity index (χ3v) is 8.60. The molecule has 4 rings (SSSR count). The van der Waals surface area contributed by atoms with Crippen LogP contribution in [0.1, 0.15) is 12.8 Å². The van der Waals surface area contributed by atoms with E-state index in [2.05, 4.69) is 15.3 Å². The maximum atomic E-state index is 12.7. The molecule has 0 spiro atoms. The number of thiazole rings is 1. The fraction of sp³-hybridized carbons (Fsp3) is 0.286. The molecular formula is C21H22N4O3S3. The Morgan fingerprint density at radius 3 is 2.58 bits per heavy atom. The van der Waals surface area contributed by atoms with Crippen LogP contribution in [0.3, 0.4) is 0 Å². The average Bonchev–Trinajstić information content (AvgIpc) is 3.28. The molecule has 3 aromatic rings. The molecule has 2 aromatic heterocycles. The van der Waals surface area contributed by atoms with E-state index in [0.717, 1.165) is 11.3 Å². The van der Waals surface area contributed by atoms with Crippen LogP contribution in [0.2, 0.25) is 0 Å². The van der Waals surface area contributed by atoms with Gasteiger partial charge in [0.15, 0.2) is 5.13 Å². The fourth-order valence-corrected chi connectivity index (χ4v) is 6.01. The number of piperidine rings is 1. The number of nitrogens with zero attached hydrogens (tertiary/aromatic N) is 3. The molecule has 1 saturated heterocycles. The van der Waals surface area contributed by atoms with E-state index >= 15 is 0 Å². The fourth-order valence-electron chi connectivity index (χ4n) is 3.44. The zero-order chi connectivity index (χ0) is 21.8. The summed E-state index contributed by atoms with van der Waals surface area (Å²) in [7, 11) is -3.58. The van der Waals surface area contributed by atoms with Crippen LogP contribution in [-0.4, -0.2) is 47.9 Å². The molecule has 0 aliphatic carbocycles. The van der Waals surface area contributed by atoms with Gasteiger partial charge in [-0.2, -0.15) is 4.31 Å². The van der Waals surface area contributed by atoms with Gasteiger partial charge in [0, 0.05) is 47.2 Å². The Hall–Kier alpha value is -2.27. The molecule has 1 aromatic carbocycles. The van der Waals surface area contributed by atoms with Crippen molar-refractivity contribution < 1.29 is 13.2 Å². The zero-order valence-corrected chi connectivity index (χ0v) is 19.3. The first-order valence-corrected chi connectivity index (χ1v) is 13.3. The molecule has 1 amide bonds. The Morgan fingerprint density at radius 1 is 1.19 bits per heavy atom. The molecule has 0 saturated carbocycles. The van der Waals surface area contributed by atoms with E-state index in [1.165, 1.54) is 32.8 Å². The summed E-state index contributed by atoms with van der Waals surface area (Å²) in [4.78, 5) is 22.5. The summed E-state index contributed by atoms with van der Waals surface area (Å²) >= 11 is 3.07. The van der Waals surface area contributed by atoms with Gasteiger partial charge in [0.25, 0.3) is 0 Å². The maximum absolute atomic E-state index is 12.7. The van der Waals surface area contributed by atoms with Crippen LogP contribution >= 0.6 is 23.1 Å². The number of anilines is 1. The number of aromatic nitrogens is 2. The van der Waals surface area contributed by atoms with Gasteiger partial charge >= 0.3 is 0 Å². The second kappa shape index (κ2) is 9.47. The largest absolute Gasteiger partial charge is 0.302 e. The highest BCUT2D eigenvalue weighted by Gasteiger charge is 2.32. The van der Waals surface area contributed by atoms with Gasteiger partial charge in [-0.25, -0.2) is 13.4 Å². The summed E-state index contributed by atoms with van der Waals surface area (Å²) in [6.45, 7) is 0.612. The highest BCUT2D eigenvalue weighted by molar-refractivity contribution is 7.98. The molecule has 3 heterocycles. The second-order valence-corrected chi connectivity index (χ2v) is 10.8. The summed E-state index contributed by atoms with van der Waals surface area (Å²) in [6.07, 6.45) is 5.87. The number of sulfonamides is 1. The summed E-state index contributed by atoms with van der Waals surface area (Å²) in [5, 5.41) is 5.37. The van der Waals surface area contributed by atoms with Crippen LogP contribution in [-0.2, 0) is 14.8 Å². The van der Waals surface area contributed by atoms with Crippen molar-refractivity contribution in [1.29, 1.82) is 0 Å². The van der Waals surface area contributed by atoms with Crippen molar-refractivity contribution in [2.24, 2.45) is 5.92 Å². The van der Waals surface area contributed by atoms with Crippen LogP contribution in [0.15, 0.2) is 64.0 Å². The molecule has 1 N–H and O–H groups in total. The van der Waals surface area contributed by atoms with E-state index in [9.17, 15) is 13.2 Å². The van der Waals surface area contributed by atoms with Crippen LogP contribution in [0.25, 0.3) is 11.3 Å². The SMILES string of the molecule is CSc1ccc(-c2csc(NC(=O)C3CCN(S(=O)(=O)c4cccnc4)CC3)n2)cc1. The summed E-state index contributed by atoms with van der Waals surface area (Å²) in [5.41, 5.74) is 1.83. The molecule has 0 radical (unpaired) electrons. The first-order valence-electron chi connectivity index (χ1n) is 9.78. The number of thioether (sulfide) groups is 1. The number of hydrogen-bond donors (Lipinski definition) is 1. The van der Waals surface area contributed by atoms with Gasteiger partial charge in [0.1, 0.15) is 4.90 Å². The van der Waals surface area contributed by atoms with Crippen molar-refractivity contribution >= 4 is 44.2 Å². The van der Waals surface area contributed by atoms with Gasteiger partial charge in [-0.1, -0.05) is 12.1 Å². The third kappa shape index (κ3) is 4.98. The van der Waals surface area contributed by atoms with E-state index in [4.69, 9.17) is 0 Å². The molecule has 162 valence electrons. The van der Waals surface area contributed by atoms with Crippen molar-refractivity contribution in [2.45, 2.75) is 22.6 Å². The number of amides is 1. The van der Waals surface area contributed by atoms with Gasteiger partial charge in [-0.3, -0.25) is 9.78 Å². The Balaban J connectivity index is 1.35. The number of nitrogens with one attached hydrogen (secondary N) is 1. The Labute approximate surface area is 190 Å². The van der Waals surface area contributed by atoms with E-state index in [1.807, 2.05) is 35.9 Å². The van der Waals surface area contributed by atoms with Crippen LogP contribution in [0.5, 0.6) is 0 Å². The number of hydrogen-bond acceptors (Lipinski definition) is 7. The molecule has 0 bridgehead atoms. The van der Waals surface area contributed by atoms with Crippen molar-refractivity contribution in [3.8, 4) is 11.3 Å². The normalized spacial score (nSPS) is 15.6. The lowest BCUT2D eigenvalue weighted by Crippen LogP contribution is -2.41. The lowest BCUT2D eigenvalue weighted by Gasteiger charge is -2.30. The Bertz CT molecular complexity index is 1140. The lowest BCUT2D eigenvalue weighted by atomic mass is 9.97. The predicted molar refractivity (Wildman–Crippen MR) is 124 cm³/mol. The predicted octanol–water partition coefficient (Wildman–Crippen LogP) is 3.97. The number of carbonyl (C=O) groups excluding carboxylic acids is 1. The summed E-state index contributed by atoms with van der Waals surface area (Å²) in [6, 6.07) is 11.3. The summed E-state index contributed by atoms with van der Waals surface area (Å²) < 4.78 is 26.8. The molecule has 0 unspecified atom stereocenters. The molecule has 1 fully saturated rings. The molecular weight excluding hydrogens is 452 g/mol. The minimum Gasteiger partial charge on any atom is -0.302 e. The van der Waals surface area contributed by atoms with E-state index in [0.29, 0.717) is 31.1 Å². The van der Waals surface area contributed by atoms with Gasteiger partial charge < -0.3 is 5.32 Å². The number of benzene rings is 1. The Morgan fingerprint density at radius 2 is 1.94 bits per heavy atom. The highest BCUT2D eigenvalue weighted by atomic mass is 32.2. The van der Waals surface area contributed by atoms with Gasteiger partial charge in [0.05, 0.1) is 5.69 Å². The molecule has 10 heteroatoms. The van der Waals surface area contributed by atoms with Crippen LogP contribution < -0.4 is 5.32 Å². The minimum atomic E-state index is -3.58. The summed E-state index contributed by atoms with van der Waals surface area (Å²) in [5.74, 6) is -0.356. The van der Waals surface area contributed by atoms with Crippen LogP contribution in [0, 0.1) is 5.92 Å². The minimum absolute atomic E-state index is 0.114. The van der Waals surface area contributed by atoms with E-state index in [1.54, 1.807) is 24.0 Å². The molecule has 0 atom stereocenters. The smallest absolute Gasteiger partial charge is 0.244 e. The first kappa shape index (κ1) is 21.9. The van der Waals surface area contributed by atoms with Crippen molar-refractivity contribution in [1.82, 2.24) is 14.3 Å². The zero-order valence-electron chi connectivity index (χ0n) is 16.9. The van der Waals surface area contributed by atoms with Gasteiger partial charge in [0.2, 0.25) is 15.9 Å². The molecule has 1 aliphatic rings. The Kier molecular flexibility index (Phi) is 6.71. The standard InChI is InChI=1S/C21H22N4O3S3/c1-29-17-6-4-15(5-7-17)19-14-30-21(23-19)24-20(26)16-8-11-25(12-9-16)31(27,28)18-3-2-10-22-13-18/h2-7,10,13-14,16H,8-9,11-12H2,1H3,(H,23,24,26). The maximum Gasteiger partial charge on any atom is 0.244 e. The monoisotopic (exact) mass is 474 g/mol. The number of carbonyl (C=O) groups is 1. The number of rotatable bonds is 6.